The van der Waals surface area contributed by atoms with Gasteiger partial charge in [-0.3, -0.25) is 4.79 Å². The molecule has 2 atom stereocenters. The predicted octanol–water partition coefficient (Wildman–Crippen LogP) is 5.23. The van der Waals surface area contributed by atoms with Crippen molar-refractivity contribution in [2.24, 2.45) is 0 Å². The van der Waals surface area contributed by atoms with E-state index in [1.165, 1.54) is 46.6 Å². The average Bonchev–Trinajstić information content (AvgIpc) is 3.46. The van der Waals surface area contributed by atoms with Crippen LogP contribution in [-0.2, 0) is 6.42 Å². The maximum absolute atomic E-state index is 13.1. The largest absolute Gasteiger partial charge is 0.386 e. The highest BCUT2D eigenvalue weighted by Gasteiger charge is 2.33. The quantitative estimate of drug-likeness (QED) is 0.317. The first-order valence-electron chi connectivity index (χ1n) is 13.1. The van der Waals surface area contributed by atoms with Gasteiger partial charge in [-0.2, -0.15) is 0 Å². The minimum Gasteiger partial charge on any atom is -0.386 e. The summed E-state index contributed by atoms with van der Waals surface area (Å²) >= 11 is 1.44. The zero-order valence-electron chi connectivity index (χ0n) is 21.4. The zero-order chi connectivity index (χ0) is 25.4. The molecule has 37 heavy (non-hydrogen) atoms. The number of fused-ring (bicyclic) bond motifs is 3. The maximum Gasteiger partial charge on any atom is 0.263 e. The highest BCUT2D eigenvalue weighted by molar-refractivity contribution is 7.21. The van der Waals surface area contributed by atoms with Gasteiger partial charge in [0.15, 0.2) is 0 Å². The van der Waals surface area contributed by atoms with E-state index in [4.69, 9.17) is 0 Å². The fraction of sp³-hybridized carbons (Fsp3) is 0.333. The van der Waals surface area contributed by atoms with E-state index in [1.807, 2.05) is 26.1 Å². The van der Waals surface area contributed by atoms with Crippen LogP contribution in [0.4, 0.5) is 11.4 Å². The van der Waals surface area contributed by atoms with Crippen LogP contribution in [-0.4, -0.2) is 49.7 Å². The van der Waals surface area contributed by atoms with Crippen molar-refractivity contribution in [1.29, 1.82) is 0 Å². The third-order valence-corrected chi connectivity index (χ3v) is 8.65. The smallest absolute Gasteiger partial charge is 0.263 e. The molecule has 190 valence electrons. The number of amides is 1. The molecular weight excluding hydrogens is 478 g/mol. The molecule has 2 aliphatic heterocycles. The Kier molecular flexibility index (Phi) is 6.57. The van der Waals surface area contributed by atoms with Gasteiger partial charge in [0.05, 0.1) is 5.69 Å². The molecule has 1 amide bonds. The van der Waals surface area contributed by atoms with Crippen molar-refractivity contribution < 1.29 is 4.79 Å². The molecule has 7 heteroatoms. The lowest BCUT2D eigenvalue weighted by molar-refractivity contribution is 0.0959. The van der Waals surface area contributed by atoms with E-state index in [1.54, 1.807) is 0 Å². The monoisotopic (exact) mass is 511 g/mol. The Balaban J connectivity index is 1.20. The molecule has 6 nitrogen and oxygen atoms in total. The zero-order valence-corrected chi connectivity index (χ0v) is 22.2. The fourth-order valence-electron chi connectivity index (χ4n) is 5.74. The molecule has 2 unspecified atom stereocenters. The normalized spacial score (nSPS) is 18.8. The predicted molar refractivity (Wildman–Crippen MR) is 154 cm³/mol. The summed E-state index contributed by atoms with van der Waals surface area (Å²) in [5.41, 5.74) is 6.85. The molecular formula is C30H33N5OS. The van der Waals surface area contributed by atoms with Gasteiger partial charge in [0, 0.05) is 61.1 Å². The highest BCUT2D eigenvalue weighted by Crippen LogP contribution is 2.36. The van der Waals surface area contributed by atoms with Crippen LogP contribution in [0.15, 0.2) is 60.7 Å². The van der Waals surface area contributed by atoms with Crippen LogP contribution in [0.25, 0.3) is 21.3 Å². The van der Waals surface area contributed by atoms with Crippen molar-refractivity contribution >= 4 is 38.8 Å². The lowest BCUT2D eigenvalue weighted by atomic mass is 9.98. The van der Waals surface area contributed by atoms with Crippen LogP contribution >= 0.6 is 11.3 Å². The second-order valence-electron chi connectivity index (χ2n) is 10.1. The summed E-state index contributed by atoms with van der Waals surface area (Å²) in [6, 6.07) is 22.7. The average molecular weight is 512 g/mol. The summed E-state index contributed by atoms with van der Waals surface area (Å²) in [6.07, 6.45) is 3.31. The van der Waals surface area contributed by atoms with Crippen LogP contribution in [0.3, 0.4) is 0 Å². The van der Waals surface area contributed by atoms with Crippen LogP contribution in [0, 0.1) is 6.92 Å². The summed E-state index contributed by atoms with van der Waals surface area (Å²) in [4.78, 5) is 21.8. The number of carbonyl (C=O) groups is 1. The Morgan fingerprint density at radius 1 is 1.08 bits per heavy atom. The molecule has 4 heterocycles. The van der Waals surface area contributed by atoms with Crippen molar-refractivity contribution in [3.05, 3.63) is 76.8 Å². The molecule has 0 saturated carbocycles. The Morgan fingerprint density at radius 2 is 1.86 bits per heavy atom. The molecule has 6 rings (SSSR count). The van der Waals surface area contributed by atoms with Gasteiger partial charge < -0.3 is 20.9 Å². The summed E-state index contributed by atoms with van der Waals surface area (Å²) < 4.78 is 0. The minimum atomic E-state index is -0.0544. The van der Waals surface area contributed by atoms with Gasteiger partial charge in [-0.15, -0.1) is 11.3 Å². The Bertz CT molecular complexity index is 1420. The SMILES string of the molecule is CNc1c(C(=O)NCCc2ccc(N3CC4CCC(C3)N4)c(-c3ccccc3)c2)sc2nc(C)ccc12. The molecule has 2 aromatic heterocycles. The van der Waals surface area contributed by atoms with Gasteiger partial charge >= 0.3 is 0 Å². The van der Waals surface area contributed by atoms with Crippen molar-refractivity contribution in [2.45, 2.75) is 38.3 Å². The van der Waals surface area contributed by atoms with E-state index in [9.17, 15) is 4.79 Å². The number of hydrogen-bond donors (Lipinski definition) is 3. The second kappa shape index (κ2) is 10.1. The van der Waals surface area contributed by atoms with Crippen LogP contribution in [0.2, 0.25) is 0 Å². The molecule has 2 bridgehead atoms. The summed E-state index contributed by atoms with van der Waals surface area (Å²) in [5, 5.41) is 11.1. The number of carbonyl (C=O) groups excluding carboxylic acids is 1. The Labute approximate surface area is 222 Å². The topological polar surface area (TPSA) is 69.3 Å². The Hall–Kier alpha value is -3.42. The molecule has 0 radical (unpaired) electrons. The standard InChI is InChI=1S/C30H33N5OS/c1-19-8-12-24-27(31-2)28(37-30(24)33-19)29(36)32-15-14-20-9-13-26(25(16-20)21-6-4-3-5-7-21)35-17-22-10-11-23(18-35)34-22/h3-9,12-13,16,22-23,31,34H,10-11,14-15,17-18H2,1-2H3,(H,32,36). The van der Waals surface area contributed by atoms with Crippen LogP contribution in [0.1, 0.15) is 33.8 Å². The van der Waals surface area contributed by atoms with Gasteiger partial charge in [0.2, 0.25) is 0 Å². The number of aryl methyl sites for hydroxylation is 1. The lowest BCUT2D eigenvalue weighted by Crippen LogP contribution is -2.51. The Morgan fingerprint density at radius 3 is 2.62 bits per heavy atom. The summed E-state index contributed by atoms with van der Waals surface area (Å²) in [7, 11) is 1.86. The van der Waals surface area contributed by atoms with E-state index < -0.39 is 0 Å². The van der Waals surface area contributed by atoms with E-state index in [2.05, 4.69) is 74.4 Å². The van der Waals surface area contributed by atoms with E-state index >= 15 is 0 Å². The van der Waals surface area contributed by atoms with E-state index in [-0.39, 0.29) is 5.91 Å². The first-order valence-corrected chi connectivity index (χ1v) is 14.0. The first-order chi connectivity index (χ1) is 18.1. The van der Waals surface area contributed by atoms with Crippen molar-refractivity contribution in [1.82, 2.24) is 15.6 Å². The molecule has 2 aromatic carbocycles. The number of nitrogens with one attached hydrogen (secondary N) is 3. The molecule has 2 saturated heterocycles. The summed E-state index contributed by atoms with van der Waals surface area (Å²) in [6.45, 7) is 4.67. The number of pyridine rings is 1. The van der Waals surface area contributed by atoms with Gasteiger partial charge in [0.25, 0.3) is 5.91 Å². The van der Waals surface area contributed by atoms with Crippen molar-refractivity contribution in [2.75, 3.05) is 36.9 Å². The third-order valence-electron chi connectivity index (χ3n) is 7.55. The number of benzene rings is 2. The van der Waals surface area contributed by atoms with E-state index in [0.29, 0.717) is 23.5 Å². The second-order valence-corrected chi connectivity index (χ2v) is 11.1. The fourth-order valence-corrected chi connectivity index (χ4v) is 6.88. The number of anilines is 2. The summed E-state index contributed by atoms with van der Waals surface area (Å²) in [5.74, 6) is -0.0544. The highest BCUT2D eigenvalue weighted by atomic mass is 32.1. The van der Waals surface area contributed by atoms with Gasteiger partial charge in [-0.1, -0.05) is 36.4 Å². The number of hydrogen-bond acceptors (Lipinski definition) is 6. The number of piperazine rings is 1. The van der Waals surface area contributed by atoms with Crippen molar-refractivity contribution in [3.63, 3.8) is 0 Å². The first kappa shape index (κ1) is 23.9. The molecule has 2 aliphatic rings. The number of nitrogens with zero attached hydrogens (tertiary/aromatic N) is 2. The number of aromatic nitrogens is 1. The van der Waals surface area contributed by atoms with Crippen molar-refractivity contribution in [3.8, 4) is 11.1 Å². The molecule has 3 N–H and O–H groups in total. The van der Waals surface area contributed by atoms with Gasteiger partial charge in [-0.05, 0) is 61.6 Å². The minimum absolute atomic E-state index is 0.0544. The third kappa shape index (κ3) is 4.81. The van der Waals surface area contributed by atoms with Gasteiger partial charge in [0.1, 0.15) is 9.71 Å². The molecule has 2 fully saturated rings. The molecule has 0 aliphatic carbocycles. The maximum atomic E-state index is 13.1. The van der Waals surface area contributed by atoms with Gasteiger partial charge in [-0.25, -0.2) is 4.98 Å². The van der Waals surface area contributed by atoms with Crippen LogP contribution in [0.5, 0.6) is 0 Å². The molecule has 0 spiro atoms. The molecule has 4 aromatic rings. The lowest BCUT2D eigenvalue weighted by Gasteiger charge is -2.36. The van der Waals surface area contributed by atoms with Crippen LogP contribution < -0.4 is 20.9 Å². The van der Waals surface area contributed by atoms with E-state index in [0.717, 1.165) is 41.1 Å². The number of thiophene rings is 1. The number of rotatable bonds is 7.